The van der Waals surface area contributed by atoms with Crippen molar-refractivity contribution in [3.8, 4) is 11.8 Å². The molecule has 2 aromatic carbocycles. The summed E-state index contributed by atoms with van der Waals surface area (Å²) < 4.78 is 5.73. The van der Waals surface area contributed by atoms with Gasteiger partial charge in [-0.1, -0.05) is 36.0 Å². The summed E-state index contributed by atoms with van der Waals surface area (Å²) >= 11 is 1.54. The van der Waals surface area contributed by atoms with Gasteiger partial charge in [0.05, 0.1) is 18.2 Å². The van der Waals surface area contributed by atoms with Crippen molar-refractivity contribution in [3.05, 3.63) is 65.2 Å². The normalized spacial score (nSPS) is 13.0. The molecular weight excluding hydrogens is 322 g/mol. The molecule has 0 spiro atoms. The molecule has 24 heavy (non-hydrogen) atoms. The van der Waals surface area contributed by atoms with E-state index in [1.54, 1.807) is 30.3 Å². The Morgan fingerprint density at radius 3 is 2.96 bits per heavy atom. The Kier molecular flexibility index (Phi) is 5.14. The molecule has 0 atom stereocenters. The summed E-state index contributed by atoms with van der Waals surface area (Å²) in [5.74, 6) is 1.28. The third-order valence-corrected chi connectivity index (χ3v) is 4.33. The van der Waals surface area contributed by atoms with E-state index in [2.05, 4.69) is 16.4 Å². The second kappa shape index (κ2) is 7.66. The molecule has 120 valence electrons. The van der Waals surface area contributed by atoms with Crippen LogP contribution < -0.4 is 10.1 Å². The number of nitrogens with one attached hydrogen (secondary N) is 1. The van der Waals surface area contributed by atoms with Crippen molar-refractivity contribution in [1.29, 1.82) is 5.26 Å². The SMILES string of the molecule is N#Cc1ccccc1COc1cccc(C(=O)NC2=NCCS2)c1. The number of hydrogen-bond donors (Lipinski definition) is 1. The van der Waals surface area contributed by atoms with Crippen LogP contribution in [0.25, 0.3) is 0 Å². The van der Waals surface area contributed by atoms with Crippen molar-refractivity contribution in [1.82, 2.24) is 5.32 Å². The predicted molar refractivity (Wildman–Crippen MR) is 94.2 cm³/mol. The van der Waals surface area contributed by atoms with E-state index in [4.69, 9.17) is 10.00 Å². The number of ether oxygens (including phenoxy) is 1. The number of carbonyl (C=O) groups excluding carboxylic acids is 1. The van der Waals surface area contributed by atoms with Gasteiger partial charge in [-0.15, -0.1) is 0 Å². The summed E-state index contributed by atoms with van der Waals surface area (Å²) in [5.41, 5.74) is 1.91. The lowest BCUT2D eigenvalue weighted by Gasteiger charge is -2.09. The number of benzene rings is 2. The van der Waals surface area contributed by atoms with E-state index in [9.17, 15) is 4.79 Å². The first-order chi connectivity index (χ1) is 11.8. The first-order valence-electron chi connectivity index (χ1n) is 7.46. The summed E-state index contributed by atoms with van der Waals surface area (Å²) in [4.78, 5) is 16.4. The molecule has 0 fully saturated rings. The smallest absolute Gasteiger partial charge is 0.257 e. The maximum atomic E-state index is 12.2. The van der Waals surface area contributed by atoms with Crippen LogP contribution in [0.4, 0.5) is 0 Å². The van der Waals surface area contributed by atoms with Crippen molar-refractivity contribution in [3.63, 3.8) is 0 Å². The second-order valence-electron chi connectivity index (χ2n) is 5.07. The molecule has 2 aromatic rings. The van der Waals surface area contributed by atoms with Crippen molar-refractivity contribution in [2.24, 2.45) is 4.99 Å². The van der Waals surface area contributed by atoms with Crippen LogP contribution in [-0.2, 0) is 6.61 Å². The lowest BCUT2D eigenvalue weighted by molar-refractivity contribution is 0.0977. The number of nitriles is 1. The van der Waals surface area contributed by atoms with Gasteiger partial charge in [0.25, 0.3) is 5.91 Å². The van der Waals surface area contributed by atoms with Gasteiger partial charge in [0.15, 0.2) is 5.17 Å². The molecule has 1 amide bonds. The van der Waals surface area contributed by atoms with Crippen LogP contribution in [0, 0.1) is 11.3 Å². The van der Waals surface area contributed by atoms with E-state index in [-0.39, 0.29) is 12.5 Å². The minimum absolute atomic E-state index is 0.203. The summed E-state index contributed by atoms with van der Waals surface area (Å²) in [5, 5.41) is 12.5. The molecule has 0 aromatic heterocycles. The Bertz CT molecular complexity index is 827. The fourth-order valence-corrected chi connectivity index (χ4v) is 2.95. The standard InChI is InChI=1S/C18H15N3O2S/c19-11-14-4-1-2-5-15(14)12-23-16-7-3-6-13(10-16)17(22)21-18-20-8-9-24-18/h1-7,10H,8-9,12H2,(H,20,21,22). The Morgan fingerprint density at radius 1 is 1.29 bits per heavy atom. The molecular formula is C18H15N3O2S. The molecule has 0 bridgehead atoms. The predicted octanol–water partition coefficient (Wildman–Crippen LogP) is 2.97. The van der Waals surface area contributed by atoms with E-state index in [0.29, 0.717) is 22.0 Å². The zero-order chi connectivity index (χ0) is 16.8. The number of thioether (sulfide) groups is 1. The molecule has 1 aliphatic rings. The lowest BCUT2D eigenvalue weighted by atomic mass is 10.1. The van der Waals surface area contributed by atoms with Crippen LogP contribution in [0.3, 0.4) is 0 Å². The van der Waals surface area contributed by atoms with Gasteiger partial charge >= 0.3 is 0 Å². The van der Waals surface area contributed by atoms with Gasteiger partial charge in [0, 0.05) is 16.9 Å². The van der Waals surface area contributed by atoms with Crippen molar-refractivity contribution < 1.29 is 9.53 Å². The maximum Gasteiger partial charge on any atom is 0.257 e. The Labute approximate surface area is 144 Å². The van der Waals surface area contributed by atoms with Crippen molar-refractivity contribution in [2.75, 3.05) is 12.3 Å². The van der Waals surface area contributed by atoms with Gasteiger partial charge in [-0.2, -0.15) is 5.26 Å². The molecule has 3 rings (SSSR count). The highest BCUT2D eigenvalue weighted by molar-refractivity contribution is 8.14. The first kappa shape index (κ1) is 16.1. The number of amidine groups is 1. The number of hydrogen-bond acceptors (Lipinski definition) is 5. The van der Waals surface area contributed by atoms with E-state index in [0.717, 1.165) is 17.9 Å². The van der Waals surface area contributed by atoms with Crippen LogP contribution in [0.15, 0.2) is 53.5 Å². The number of nitrogens with zero attached hydrogens (tertiary/aromatic N) is 2. The Hall–Kier alpha value is -2.78. The largest absolute Gasteiger partial charge is 0.489 e. The third-order valence-electron chi connectivity index (χ3n) is 3.43. The summed E-state index contributed by atoms with van der Waals surface area (Å²) in [7, 11) is 0. The van der Waals surface area contributed by atoms with Crippen LogP contribution in [-0.4, -0.2) is 23.4 Å². The topological polar surface area (TPSA) is 74.5 Å². The minimum Gasteiger partial charge on any atom is -0.489 e. The monoisotopic (exact) mass is 337 g/mol. The van der Waals surface area contributed by atoms with Crippen LogP contribution in [0.1, 0.15) is 21.5 Å². The third kappa shape index (κ3) is 3.94. The highest BCUT2D eigenvalue weighted by Crippen LogP contribution is 2.17. The van der Waals surface area contributed by atoms with E-state index < -0.39 is 0 Å². The van der Waals surface area contributed by atoms with Crippen LogP contribution in [0.5, 0.6) is 5.75 Å². The lowest BCUT2D eigenvalue weighted by Crippen LogP contribution is -2.27. The highest BCUT2D eigenvalue weighted by Gasteiger charge is 2.13. The quantitative estimate of drug-likeness (QED) is 0.931. The Balaban J connectivity index is 1.67. The molecule has 0 radical (unpaired) electrons. The Morgan fingerprint density at radius 2 is 2.17 bits per heavy atom. The van der Waals surface area contributed by atoms with Gasteiger partial charge < -0.3 is 10.1 Å². The van der Waals surface area contributed by atoms with E-state index >= 15 is 0 Å². The fourth-order valence-electron chi connectivity index (χ4n) is 2.22. The van der Waals surface area contributed by atoms with Crippen LogP contribution >= 0.6 is 11.8 Å². The number of amides is 1. The first-order valence-corrected chi connectivity index (χ1v) is 8.44. The highest BCUT2D eigenvalue weighted by atomic mass is 32.2. The minimum atomic E-state index is -0.203. The van der Waals surface area contributed by atoms with E-state index in [1.165, 1.54) is 11.8 Å². The van der Waals surface area contributed by atoms with Crippen molar-refractivity contribution in [2.45, 2.75) is 6.61 Å². The maximum absolute atomic E-state index is 12.2. The average Bonchev–Trinajstić information content (AvgIpc) is 3.13. The number of aliphatic imine (C=N–C) groups is 1. The van der Waals surface area contributed by atoms with Gasteiger partial charge in [-0.25, -0.2) is 0 Å². The van der Waals surface area contributed by atoms with Gasteiger partial charge in [-0.3, -0.25) is 9.79 Å². The summed E-state index contributed by atoms with van der Waals surface area (Å²) in [6, 6.07) is 16.4. The molecule has 0 saturated carbocycles. The molecule has 1 N–H and O–H groups in total. The fraction of sp³-hybridized carbons (Fsp3) is 0.167. The number of carbonyl (C=O) groups is 1. The summed E-state index contributed by atoms with van der Waals surface area (Å²) in [6.07, 6.45) is 0. The van der Waals surface area contributed by atoms with Crippen molar-refractivity contribution >= 4 is 22.8 Å². The van der Waals surface area contributed by atoms with Gasteiger partial charge in [0.1, 0.15) is 12.4 Å². The zero-order valence-electron chi connectivity index (χ0n) is 12.9. The average molecular weight is 337 g/mol. The molecule has 0 unspecified atom stereocenters. The molecule has 0 aliphatic carbocycles. The van der Waals surface area contributed by atoms with Gasteiger partial charge in [-0.05, 0) is 24.3 Å². The van der Waals surface area contributed by atoms with Crippen LogP contribution in [0.2, 0.25) is 0 Å². The molecule has 0 saturated heterocycles. The number of rotatable bonds is 4. The van der Waals surface area contributed by atoms with Gasteiger partial charge in [0.2, 0.25) is 0 Å². The molecule has 1 aliphatic heterocycles. The molecule has 5 nitrogen and oxygen atoms in total. The zero-order valence-corrected chi connectivity index (χ0v) is 13.7. The molecule has 6 heteroatoms. The second-order valence-corrected chi connectivity index (χ2v) is 6.16. The van der Waals surface area contributed by atoms with E-state index in [1.807, 2.05) is 18.2 Å². The summed E-state index contributed by atoms with van der Waals surface area (Å²) in [6.45, 7) is 1.01. The molecule has 1 heterocycles.